The standard InChI is InChI=1S/C26H28N4O2S2/c31-26(20-7-2-1-6-19(20)24-28-21-8-3-4-10-23(21)34-24)30-13-11-29(12-14-30)16-18-17-33-25(27-18)22-9-5-15-32-22/h3-5,8-10,15,17,19-20H,1-2,6-7,11-14,16H2/t19-,20-/m1/s1. The fourth-order valence-electron chi connectivity index (χ4n) is 5.25. The monoisotopic (exact) mass is 492 g/mol. The van der Waals surface area contributed by atoms with Crippen LogP contribution < -0.4 is 0 Å². The summed E-state index contributed by atoms with van der Waals surface area (Å²) in [6.07, 6.45) is 6.05. The molecule has 1 amide bonds. The summed E-state index contributed by atoms with van der Waals surface area (Å²) in [6, 6.07) is 12.2. The third-order valence-electron chi connectivity index (χ3n) is 7.06. The first kappa shape index (κ1) is 21.9. The summed E-state index contributed by atoms with van der Waals surface area (Å²) in [5.74, 6) is 1.47. The number of para-hydroxylation sites is 1. The lowest BCUT2D eigenvalue weighted by Gasteiger charge is -2.38. The van der Waals surface area contributed by atoms with Crippen LogP contribution in [0.3, 0.4) is 0 Å². The molecule has 1 saturated carbocycles. The van der Waals surface area contributed by atoms with Gasteiger partial charge in [-0.1, -0.05) is 25.0 Å². The van der Waals surface area contributed by atoms with Crippen LogP contribution in [0.15, 0.2) is 52.5 Å². The molecule has 1 saturated heterocycles. The highest BCUT2D eigenvalue weighted by molar-refractivity contribution is 7.18. The Morgan fingerprint density at radius 1 is 1.03 bits per heavy atom. The van der Waals surface area contributed by atoms with E-state index in [0.717, 1.165) is 79.0 Å². The zero-order chi connectivity index (χ0) is 22.9. The van der Waals surface area contributed by atoms with Gasteiger partial charge < -0.3 is 9.32 Å². The highest BCUT2D eigenvalue weighted by Gasteiger charge is 2.37. The van der Waals surface area contributed by atoms with Crippen LogP contribution in [0.2, 0.25) is 0 Å². The Morgan fingerprint density at radius 3 is 2.71 bits per heavy atom. The van der Waals surface area contributed by atoms with Crippen molar-refractivity contribution in [2.75, 3.05) is 26.2 Å². The normalized spacial score (nSPS) is 21.8. The number of rotatable bonds is 5. The number of amides is 1. The number of piperazine rings is 1. The van der Waals surface area contributed by atoms with Crippen LogP contribution in [-0.4, -0.2) is 51.9 Å². The molecule has 1 aromatic carbocycles. The predicted molar refractivity (Wildman–Crippen MR) is 136 cm³/mol. The van der Waals surface area contributed by atoms with Gasteiger partial charge in [0.1, 0.15) is 0 Å². The molecule has 0 spiro atoms. The highest BCUT2D eigenvalue weighted by atomic mass is 32.1. The summed E-state index contributed by atoms with van der Waals surface area (Å²) >= 11 is 3.39. The molecule has 0 unspecified atom stereocenters. The Labute approximate surface area is 207 Å². The zero-order valence-electron chi connectivity index (χ0n) is 19.1. The maximum Gasteiger partial charge on any atom is 0.226 e. The number of fused-ring (bicyclic) bond motifs is 1. The van der Waals surface area contributed by atoms with E-state index in [0.29, 0.717) is 5.91 Å². The average molecular weight is 493 g/mol. The maximum absolute atomic E-state index is 13.6. The molecular weight excluding hydrogens is 464 g/mol. The molecule has 0 N–H and O–H groups in total. The van der Waals surface area contributed by atoms with Crippen molar-refractivity contribution in [2.24, 2.45) is 5.92 Å². The molecule has 4 heterocycles. The van der Waals surface area contributed by atoms with E-state index in [-0.39, 0.29) is 11.8 Å². The van der Waals surface area contributed by atoms with Crippen LogP contribution >= 0.6 is 22.7 Å². The minimum Gasteiger partial charge on any atom is -0.462 e. The van der Waals surface area contributed by atoms with E-state index in [2.05, 4.69) is 33.4 Å². The summed E-state index contributed by atoms with van der Waals surface area (Å²) < 4.78 is 6.69. The molecule has 0 bridgehead atoms. The molecule has 2 aliphatic rings. The fraction of sp³-hybridized carbons (Fsp3) is 0.423. The average Bonchev–Trinajstić information content (AvgIpc) is 3.64. The second-order valence-electron chi connectivity index (χ2n) is 9.24. The molecule has 6 rings (SSSR count). The van der Waals surface area contributed by atoms with E-state index in [4.69, 9.17) is 14.4 Å². The van der Waals surface area contributed by atoms with Crippen molar-refractivity contribution in [3.63, 3.8) is 0 Å². The summed E-state index contributed by atoms with van der Waals surface area (Å²) in [5, 5.41) is 4.18. The number of hydrogen-bond donors (Lipinski definition) is 0. The van der Waals surface area contributed by atoms with Gasteiger partial charge in [0.25, 0.3) is 0 Å². The van der Waals surface area contributed by atoms with Gasteiger partial charge in [-0.15, -0.1) is 22.7 Å². The molecule has 176 valence electrons. The SMILES string of the molecule is O=C([C@@H]1CCCC[C@H]1c1nc2ccccc2s1)N1CCN(Cc2csc(-c3ccco3)n2)CC1. The van der Waals surface area contributed by atoms with Gasteiger partial charge in [0.05, 0.1) is 27.2 Å². The zero-order valence-corrected chi connectivity index (χ0v) is 20.7. The lowest BCUT2D eigenvalue weighted by molar-refractivity contribution is -0.139. The molecule has 6 nitrogen and oxygen atoms in total. The van der Waals surface area contributed by atoms with E-state index >= 15 is 0 Å². The summed E-state index contributed by atoms with van der Waals surface area (Å²) in [7, 11) is 0. The van der Waals surface area contributed by atoms with Crippen LogP contribution in [-0.2, 0) is 11.3 Å². The maximum atomic E-state index is 13.6. The number of aromatic nitrogens is 2. The lowest BCUT2D eigenvalue weighted by Crippen LogP contribution is -2.51. The van der Waals surface area contributed by atoms with Crippen molar-refractivity contribution in [3.05, 3.63) is 58.7 Å². The number of hydrogen-bond acceptors (Lipinski definition) is 7. The van der Waals surface area contributed by atoms with Gasteiger partial charge in [0.15, 0.2) is 10.8 Å². The van der Waals surface area contributed by atoms with Crippen molar-refractivity contribution >= 4 is 38.8 Å². The third-order valence-corrected chi connectivity index (χ3v) is 9.14. The Balaban J connectivity index is 1.09. The van der Waals surface area contributed by atoms with E-state index in [9.17, 15) is 4.79 Å². The van der Waals surface area contributed by atoms with Crippen LogP contribution in [0.25, 0.3) is 21.0 Å². The van der Waals surface area contributed by atoms with Crippen LogP contribution in [0, 0.1) is 5.92 Å². The van der Waals surface area contributed by atoms with Gasteiger partial charge in [-0.05, 0) is 37.1 Å². The van der Waals surface area contributed by atoms with E-state index in [1.54, 1.807) is 28.9 Å². The number of furan rings is 1. The largest absolute Gasteiger partial charge is 0.462 e. The smallest absolute Gasteiger partial charge is 0.226 e. The van der Waals surface area contributed by atoms with E-state index in [1.165, 1.54) is 11.1 Å². The van der Waals surface area contributed by atoms with Gasteiger partial charge in [-0.25, -0.2) is 9.97 Å². The van der Waals surface area contributed by atoms with Crippen molar-refractivity contribution in [1.82, 2.24) is 19.8 Å². The first-order chi connectivity index (χ1) is 16.7. The molecule has 1 aliphatic heterocycles. The first-order valence-electron chi connectivity index (χ1n) is 12.1. The molecule has 0 radical (unpaired) electrons. The van der Waals surface area contributed by atoms with E-state index in [1.807, 2.05) is 18.2 Å². The Bertz CT molecular complexity index is 1220. The molecule has 34 heavy (non-hydrogen) atoms. The second kappa shape index (κ2) is 9.60. The number of benzene rings is 1. The topological polar surface area (TPSA) is 62.5 Å². The highest BCUT2D eigenvalue weighted by Crippen LogP contribution is 2.41. The van der Waals surface area contributed by atoms with Gasteiger partial charge in [0, 0.05) is 49.9 Å². The summed E-state index contributed by atoms with van der Waals surface area (Å²) in [4.78, 5) is 27.8. The number of thiazole rings is 2. The molecule has 8 heteroatoms. The third kappa shape index (κ3) is 4.42. The summed E-state index contributed by atoms with van der Waals surface area (Å²) in [6.45, 7) is 4.17. The lowest BCUT2D eigenvalue weighted by atomic mass is 9.78. The van der Waals surface area contributed by atoms with Crippen molar-refractivity contribution in [1.29, 1.82) is 0 Å². The molecule has 2 fully saturated rings. The van der Waals surface area contributed by atoms with Gasteiger partial charge in [-0.3, -0.25) is 9.69 Å². The number of nitrogens with zero attached hydrogens (tertiary/aromatic N) is 4. The number of carbonyl (C=O) groups excluding carboxylic acids is 1. The fourth-order valence-corrected chi connectivity index (χ4v) is 7.20. The summed E-state index contributed by atoms with van der Waals surface area (Å²) in [5.41, 5.74) is 2.13. The van der Waals surface area contributed by atoms with Crippen LogP contribution in [0.4, 0.5) is 0 Å². The molecule has 1 aliphatic carbocycles. The molecule has 2 atom stereocenters. The number of carbonyl (C=O) groups is 1. The van der Waals surface area contributed by atoms with Crippen LogP contribution in [0.5, 0.6) is 0 Å². The van der Waals surface area contributed by atoms with Crippen molar-refractivity contribution in [3.8, 4) is 10.8 Å². The van der Waals surface area contributed by atoms with Crippen molar-refractivity contribution in [2.45, 2.75) is 38.1 Å². The Kier molecular flexibility index (Phi) is 6.20. The predicted octanol–water partition coefficient (Wildman–Crippen LogP) is 5.63. The molecule has 3 aromatic heterocycles. The van der Waals surface area contributed by atoms with Crippen molar-refractivity contribution < 1.29 is 9.21 Å². The van der Waals surface area contributed by atoms with Gasteiger partial charge in [-0.2, -0.15) is 0 Å². The molecule has 4 aromatic rings. The Morgan fingerprint density at radius 2 is 1.88 bits per heavy atom. The quantitative estimate of drug-likeness (QED) is 0.361. The van der Waals surface area contributed by atoms with E-state index < -0.39 is 0 Å². The minimum atomic E-state index is 0.0651. The Hall–Kier alpha value is -2.55. The first-order valence-corrected chi connectivity index (χ1v) is 13.8. The van der Waals surface area contributed by atoms with Gasteiger partial charge in [0.2, 0.25) is 5.91 Å². The minimum absolute atomic E-state index is 0.0651. The van der Waals surface area contributed by atoms with Gasteiger partial charge >= 0.3 is 0 Å². The second-order valence-corrected chi connectivity index (χ2v) is 11.2. The molecular formula is C26H28N4O2S2. The van der Waals surface area contributed by atoms with Crippen LogP contribution in [0.1, 0.15) is 42.3 Å².